The van der Waals surface area contributed by atoms with Crippen molar-refractivity contribution >= 4 is 11.6 Å². The van der Waals surface area contributed by atoms with Gasteiger partial charge in [0.25, 0.3) is 5.91 Å². The predicted octanol–water partition coefficient (Wildman–Crippen LogP) is 3.31. The number of piperidine rings is 1. The lowest BCUT2D eigenvalue weighted by molar-refractivity contribution is 0.0699. The molecule has 30 heavy (non-hydrogen) atoms. The highest BCUT2D eigenvalue weighted by atomic mass is 16.5. The molecule has 0 bridgehead atoms. The number of aryl methyl sites for hydroxylation is 1. The molecule has 8 nitrogen and oxygen atoms in total. The van der Waals surface area contributed by atoms with Crippen molar-refractivity contribution in [1.82, 2.24) is 29.9 Å². The molecule has 4 heterocycles. The van der Waals surface area contributed by atoms with Crippen LogP contribution in [-0.4, -0.2) is 48.9 Å². The van der Waals surface area contributed by atoms with E-state index in [1.165, 1.54) is 0 Å². The average Bonchev–Trinajstić information content (AvgIpc) is 3.36. The Labute approximate surface area is 175 Å². The van der Waals surface area contributed by atoms with Crippen LogP contribution in [0.2, 0.25) is 0 Å². The van der Waals surface area contributed by atoms with Crippen molar-refractivity contribution in [2.24, 2.45) is 0 Å². The van der Waals surface area contributed by atoms with E-state index in [0.29, 0.717) is 18.8 Å². The molecule has 158 valence electrons. The third-order valence-electron chi connectivity index (χ3n) is 6.36. The maximum atomic E-state index is 13.1. The minimum Gasteiger partial charge on any atom is -0.360 e. The lowest BCUT2D eigenvalue weighted by Crippen LogP contribution is -2.39. The highest BCUT2D eigenvalue weighted by Gasteiger charge is 2.32. The van der Waals surface area contributed by atoms with E-state index in [0.717, 1.165) is 67.0 Å². The van der Waals surface area contributed by atoms with Gasteiger partial charge in [0, 0.05) is 36.4 Å². The van der Waals surface area contributed by atoms with Crippen molar-refractivity contribution in [2.75, 3.05) is 13.1 Å². The van der Waals surface area contributed by atoms with E-state index in [9.17, 15) is 4.79 Å². The quantitative estimate of drug-likeness (QED) is 0.646. The van der Waals surface area contributed by atoms with Crippen LogP contribution >= 0.6 is 0 Å². The van der Waals surface area contributed by atoms with Crippen LogP contribution in [0.3, 0.4) is 0 Å². The molecule has 8 heteroatoms. The first kappa shape index (κ1) is 19.2. The largest absolute Gasteiger partial charge is 0.360 e. The van der Waals surface area contributed by atoms with Crippen molar-refractivity contribution in [2.45, 2.75) is 70.6 Å². The van der Waals surface area contributed by atoms with E-state index in [2.05, 4.69) is 36.1 Å². The highest BCUT2D eigenvalue weighted by molar-refractivity contribution is 5.94. The third-order valence-corrected chi connectivity index (χ3v) is 6.36. The fraction of sp³-hybridized carbons (Fsp3) is 0.591. The third kappa shape index (κ3) is 3.28. The minimum atomic E-state index is -0.0394. The lowest BCUT2D eigenvalue weighted by Gasteiger charge is -2.31. The first-order chi connectivity index (χ1) is 14.4. The van der Waals surface area contributed by atoms with Gasteiger partial charge in [0.2, 0.25) is 0 Å². The second-order valence-corrected chi connectivity index (χ2v) is 9.50. The standard InChI is InChI=1S/C22H28N6O2/c1-22(2,3)17-8-9-18-23-24-20(28(18)25-17)14-10-12-27(13-11-14)21(29)19-15-6-4-5-7-16(15)30-26-19/h8-9,14H,4-7,10-13H2,1-3H3. The number of carbonyl (C=O) groups excluding carboxylic acids is 1. The number of likely N-dealkylation sites (tertiary alicyclic amines) is 1. The van der Waals surface area contributed by atoms with Crippen LogP contribution in [-0.2, 0) is 18.3 Å². The second-order valence-electron chi connectivity index (χ2n) is 9.50. The summed E-state index contributed by atoms with van der Waals surface area (Å²) in [4.78, 5) is 15.0. The fourth-order valence-corrected chi connectivity index (χ4v) is 4.50. The Kier molecular flexibility index (Phi) is 4.60. The number of rotatable bonds is 2. The van der Waals surface area contributed by atoms with Crippen LogP contribution < -0.4 is 0 Å². The molecular formula is C22H28N6O2. The molecule has 1 aliphatic heterocycles. The van der Waals surface area contributed by atoms with E-state index in [4.69, 9.17) is 9.62 Å². The van der Waals surface area contributed by atoms with Gasteiger partial charge >= 0.3 is 0 Å². The van der Waals surface area contributed by atoms with Crippen LogP contribution in [0, 0.1) is 0 Å². The summed E-state index contributed by atoms with van der Waals surface area (Å²) < 4.78 is 7.32. The molecule has 0 aromatic carbocycles. The number of nitrogens with zero attached hydrogens (tertiary/aromatic N) is 6. The van der Waals surface area contributed by atoms with Crippen LogP contribution in [0.15, 0.2) is 16.7 Å². The average molecular weight is 409 g/mol. The summed E-state index contributed by atoms with van der Waals surface area (Å²) in [6, 6.07) is 4.00. The summed E-state index contributed by atoms with van der Waals surface area (Å²) in [6.45, 7) is 7.81. The first-order valence-corrected chi connectivity index (χ1v) is 10.9. The SMILES string of the molecule is CC(C)(C)c1ccc2nnc(C3CCN(C(=O)c4noc5c4CCCC5)CC3)n2n1. The van der Waals surface area contributed by atoms with Gasteiger partial charge in [-0.1, -0.05) is 25.9 Å². The second kappa shape index (κ2) is 7.18. The van der Waals surface area contributed by atoms with Gasteiger partial charge in [-0.15, -0.1) is 10.2 Å². The number of hydrogen-bond donors (Lipinski definition) is 0. The maximum absolute atomic E-state index is 13.1. The topological polar surface area (TPSA) is 89.4 Å². The normalized spacial score (nSPS) is 18.0. The monoisotopic (exact) mass is 408 g/mol. The van der Waals surface area contributed by atoms with Gasteiger partial charge in [0.1, 0.15) is 5.76 Å². The summed E-state index contributed by atoms with van der Waals surface area (Å²) >= 11 is 0. The van der Waals surface area contributed by atoms with Crippen molar-refractivity contribution < 1.29 is 9.32 Å². The number of hydrogen-bond acceptors (Lipinski definition) is 6. The molecule has 1 fully saturated rings. The van der Waals surface area contributed by atoms with Crippen molar-refractivity contribution in [1.29, 1.82) is 0 Å². The number of aromatic nitrogens is 5. The molecule has 0 spiro atoms. The van der Waals surface area contributed by atoms with Gasteiger partial charge < -0.3 is 9.42 Å². The van der Waals surface area contributed by atoms with Crippen LogP contribution in [0.25, 0.3) is 5.65 Å². The summed E-state index contributed by atoms with van der Waals surface area (Å²) in [5, 5.41) is 17.7. The number of fused-ring (bicyclic) bond motifs is 2. The molecule has 3 aromatic rings. The molecule has 1 aliphatic carbocycles. The zero-order chi connectivity index (χ0) is 20.9. The molecule has 2 aliphatic rings. The van der Waals surface area contributed by atoms with Crippen LogP contribution in [0.5, 0.6) is 0 Å². The predicted molar refractivity (Wildman–Crippen MR) is 111 cm³/mol. The van der Waals surface area contributed by atoms with Crippen LogP contribution in [0.1, 0.15) is 85.7 Å². The van der Waals surface area contributed by atoms with Gasteiger partial charge in [-0.3, -0.25) is 4.79 Å². The zero-order valence-corrected chi connectivity index (χ0v) is 17.9. The molecule has 3 aromatic heterocycles. The Morgan fingerprint density at radius 2 is 1.87 bits per heavy atom. The number of carbonyl (C=O) groups is 1. The van der Waals surface area contributed by atoms with E-state index in [-0.39, 0.29) is 17.2 Å². The summed E-state index contributed by atoms with van der Waals surface area (Å²) in [6.07, 6.45) is 5.67. The Morgan fingerprint density at radius 3 is 2.63 bits per heavy atom. The van der Waals surface area contributed by atoms with Gasteiger partial charge in [-0.05, 0) is 44.2 Å². The lowest BCUT2D eigenvalue weighted by atomic mass is 9.92. The molecule has 5 rings (SSSR count). The highest BCUT2D eigenvalue weighted by Crippen LogP contribution is 2.30. The molecule has 1 amide bonds. The van der Waals surface area contributed by atoms with Crippen molar-refractivity contribution in [3.8, 4) is 0 Å². The summed E-state index contributed by atoms with van der Waals surface area (Å²) in [7, 11) is 0. The van der Waals surface area contributed by atoms with Gasteiger partial charge in [0.15, 0.2) is 17.2 Å². The summed E-state index contributed by atoms with van der Waals surface area (Å²) in [5.74, 6) is 2.02. The van der Waals surface area contributed by atoms with E-state index in [1.807, 2.05) is 21.5 Å². The minimum absolute atomic E-state index is 0.000375. The van der Waals surface area contributed by atoms with Crippen molar-refractivity contribution in [3.63, 3.8) is 0 Å². The zero-order valence-electron chi connectivity index (χ0n) is 17.9. The van der Waals surface area contributed by atoms with E-state index >= 15 is 0 Å². The van der Waals surface area contributed by atoms with Gasteiger partial charge in [0.05, 0.1) is 5.69 Å². The number of amides is 1. The molecule has 0 radical (unpaired) electrons. The van der Waals surface area contributed by atoms with Crippen LogP contribution in [0.4, 0.5) is 0 Å². The van der Waals surface area contributed by atoms with Gasteiger partial charge in [-0.2, -0.15) is 9.61 Å². The van der Waals surface area contributed by atoms with Crippen molar-refractivity contribution in [3.05, 3.63) is 40.7 Å². The molecular weight excluding hydrogens is 380 g/mol. The fourth-order valence-electron chi connectivity index (χ4n) is 4.50. The Morgan fingerprint density at radius 1 is 1.10 bits per heavy atom. The molecule has 1 saturated heterocycles. The molecule has 0 saturated carbocycles. The Bertz CT molecular complexity index is 1080. The molecule has 0 atom stereocenters. The first-order valence-electron chi connectivity index (χ1n) is 10.9. The Hall–Kier alpha value is -2.77. The molecule has 0 N–H and O–H groups in total. The van der Waals surface area contributed by atoms with Gasteiger partial charge in [-0.25, -0.2) is 0 Å². The van der Waals surface area contributed by atoms with E-state index < -0.39 is 0 Å². The van der Waals surface area contributed by atoms with E-state index in [1.54, 1.807) is 0 Å². The Balaban J connectivity index is 1.33. The smallest absolute Gasteiger partial charge is 0.276 e. The summed E-state index contributed by atoms with van der Waals surface area (Å²) in [5.41, 5.74) is 3.29. The molecule has 0 unspecified atom stereocenters. The maximum Gasteiger partial charge on any atom is 0.276 e.